The highest BCUT2D eigenvalue weighted by molar-refractivity contribution is 5.94. The number of aromatic nitrogens is 2. The molecule has 2 aromatic rings. The van der Waals surface area contributed by atoms with E-state index in [9.17, 15) is 4.79 Å². The van der Waals surface area contributed by atoms with Crippen LogP contribution in [0.2, 0.25) is 0 Å². The van der Waals surface area contributed by atoms with E-state index in [0.29, 0.717) is 5.69 Å². The molecule has 0 atom stereocenters. The monoisotopic (exact) mass is 190 g/mol. The van der Waals surface area contributed by atoms with Crippen LogP contribution in [-0.2, 0) is 4.74 Å². The summed E-state index contributed by atoms with van der Waals surface area (Å²) in [6, 6.07) is 3.62. The molecule has 2 rings (SSSR count). The number of ether oxygens (including phenoxy) is 1. The fourth-order valence-electron chi connectivity index (χ4n) is 1.35. The molecule has 0 unspecified atom stereocenters. The van der Waals surface area contributed by atoms with Crippen molar-refractivity contribution in [1.82, 2.24) is 9.97 Å². The van der Waals surface area contributed by atoms with Crippen molar-refractivity contribution in [1.29, 1.82) is 0 Å². The third kappa shape index (κ3) is 1.35. The minimum absolute atomic E-state index is 0.362. The average Bonchev–Trinajstić information content (AvgIpc) is 2.59. The van der Waals surface area contributed by atoms with Crippen LogP contribution in [0.4, 0.5) is 0 Å². The van der Waals surface area contributed by atoms with E-state index >= 15 is 0 Å². The van der Waals surface area contributed by atoms with Crippen LogP contribution < -0.4 is 0 Å². The first kappa shape index (κ1) is 8.74. The molecule has 0 aliphatic rings. The lowest BCUT2D eigenvalue weighted by Crippen LogP contribution is -2.00. The Morgan fingerprint density at radius 1 is 1.50 bits per heavy atom. The van der Waals surface area contributed by atoms with Gasteiger partial charge in [-0.05, 0) is 19.1 Å². The van der Waals surface area contributed by atoms with Crippen LogP contribution in [0.5, 0.6) is 0 Å². The molecule has 0 saturated heterocycles. The Balaban J connectivity index is 2.56. The third-order valence-electron chi connectivity index (χ3n) is 2.05. The standard InChI is InChI=1S/C10H10N2O2/c1-6-3-8-7(5-11-6)4-9(12-8)10(13)14-2/h3-5,12H,1-2H3. The lowest BCUT2D eigenvalue weighted by molar-refractivity contribution is 0.0595. The van der Waals surface area contributed by atoms with Crippen molar-refractivity contribution in [3.8, 4) is 0 Å². The number of pyridine rings is 1. The highest BCUT2D eigenvalue weighted by Crippen LogP contribution is 2.15. The third-order valence-corrected chi connectivity index (χ3v) is 2.05. The van der Waals surface area contributed by atoms with Gasteiger partial charge >= 0.3 is 5.97 Å². The number of carbonyl (C=O) groups is 1. The predicted molar refractivity (Wildman–Crippen MR) is 52.2 cm³/mol. The number of aromatic amines is 1. The summed E-state index contributed by atoms with van der Waals surface area (Å²) in [5.74, 6) is -0.362. The molecule has 72 valence electrons. The molecular weight excluding hydrogens is 180 g/mol. The number of esters is 1. The maximum absolute atomic E-state index is 11.2. The van der Waals surface area contributed by atoms with E-state index in [2.05, 4.69) is 14.7 Å². The number of H-pyrrole nitrogens is 1. The lowest BCUT2D eigenvalue weighted by Gasteiger charge is -1.92. The zero-order valence-corrected chi connectivity index (χ0v) is 8.00. The van der Waals surface area contributed by atoms with Crippen LogP contribution in [0.15, 0.2) is 18.3 Å². The Morgan fingerprint density at radius 3 is 3.00 bits per heavy atom. The molecule has 0 aliphatic carbocycles. The number of hydrogen-bond donors (Lipinski definition) is 1. The summed E-state index contributed by atoms with van der Waals surface area (Å²) in [4.78, 5) is 18.3. The number of nitrogens with zero attached hydrogens (tertiary/aromatic N) is 1. The van der Waals surface area contributed by atoms with Crippen molar-refractivity contribution in [2.75, 3.05) is 7.11 Å². The molecule has 14 heavy (non-hydrogen) atoms. The lowest BCUT2D eigenvalue weighted by atomic mass is 10.3. The second-order valence-electron chi connectivity index (χ2n) is 3.09. The zero-order valence-electron chi connectivity index (χ0n) is 8.00. The van der Waals surface area contributed by atoms with Crippen LogP contribution in [0.1, 0.15) is 16.2 Å². The van der Waals surface area contributed by atoms with Gasteiger partial charge in [0.05, 0.1) is 7.11 Å². The molecule has 0 aromatic carbocycles. The largest absolute Gasteiger partial charge is 0.464 e. The van der Waals surface area contributed by atoms with Gasteiger partial charge in [-0.2, -0.15) is 0 Å². The van der Waals surface area contributed by atoms with Crippen LogP contribution in [0.3, 0.4) is 0 Å². The van der Waals surface area contributed by atoms with Gasteiger partial charge in [0.15, 0.2) is 0 Å². The van der Waals surface area contributed by atoms with Gasteiger partial charge in [0.1, 0.15) is 5.69 Å². The molecule has 0 amide bonds. The topological polar surface area (TPSA) is 55.0 Å². The highest BCUT2D eigenvalue weighted by Gasteiger charge is 2.08. The maximum Gasteiger partial charge on any atom is 0.354 e. The fourth-order valence-corrected chi connectivity index (χ4v) is 1.35. The molecule has 0 aliphatic heterocycles. The van der Waals surface area contributed by atoms with E-state index in [0.717, 1.165) is 16.6 Å². The number of nitrogens with one attached hydrogen (secondary N) is 1. The Morgan fingerprint density at radius 2 is 2.29 bits per heavy atom. The number of fused-ring (bicyclic) bond motifs is 1. The first-order valence-electron chi connectivity index (χ1n) is 4.24. The number of aryl methyl sites for hydroxylation is 1. The number of carbonyl (C=O) groups excluding carboxylic acids is 1. The molecular formula is C10H10N2O2. The Hall–Kier alpha value is -1.84. The molecule has 0 saturated carbocycles. The van der Waals surface area contributed by atoms with Gasteiger partial charge in [-0.25, -0.2) is 4.79 Å². The van der Waals surface area contributed by atoms with Crippen molar-refractivity contribution < 1.29 is 9.53 Å². The molecule has 2 aromatic heterocycles. The zero-order chi connectivity index (χ0) is 10.1. The van der Waals surface area contributed by atoms with Gasteiger partial charge in [0, 0.05) is 22.8 Å². The molecule has 2 heterocycles. The molecule has 1 N–H and O–H groups in total. The van der Waals surface area contributed by atoms with Crippen molar-refractivity contribution in [2.24, 2.45) is 0 Å². The van der Waals surface area contributed by atoms with Crippen LogP contribution in [0, 0.1) is 6.92 Å². The Kier molecular flexibility index (Phi) is 1.96. The summed E-state index contributed by atoms with van der Waals surface area (Å²) in [7, 11) is 1.36. The molecule has 0 bridgehead atoms. The fraction of sp³-hybridized carbons (Fsp3) is 0.200. The quantitative estimate of drug-likeness (QED) is 0.696. The molecule has 0 radical (unpaired) electrons. The van der Waals surface area contributed by atoms with E-state index in [1.54, 1.807) is 12.3 Å². The smallest absolute Gasteiger partial charge is 0.354 e. The maximum atomic E-state index is 11.2. The molecule has 4 nitrogen and oxygen atoms in total. The van der Waals surface area contributed by atoms with E-state index < -0.39 is 0 Å². The van der Waals surface area contributed by atoms with E-state index in [4.69, 9.17) is 0 Å². The summed E-state index contributed by atoms with van der Waals surface area (Å²) >= 11 is 0. The predicted octanol–water partition coefficient (Wildman–Crippen LogP) is 1.66. The molecule has 4 heteroatoms. The van der Waals surface area contributed by atoms with Crippen LogP contribution in [-0.4, -0.2) is 23.0 Å². The summed E-state index contributed by atoms with van der Waals surface area (Å²) in [6.07, 6.45) is 1.73. The first-order chi connectivity index (χ1) is 6.70. The van der Waals surface area contributed by atoms with Crippen LogP contribution >= 0.6 is 0 Å². The Labute approximate surface area is 80.9 Å². The van der Waals surface area contributed by atoms with Crippen LogP contribution in [0.25, 0.3) is 10.9 Å². The van der Waals surface area contributed by atoms with Gasteiger partial charge in [-0.1, -0.05) is 0 Å². The minimum Gasteiger partial charge on any atom is -0.464 e. The summed E-state index contributed by atoms with van der Waals surface area (Å²) in [5, 5.41) is 0.913. The minimum atomic E-state index is -0.362. The van der Waals surface area contributed by atoms with Crippen molar-refractivity contribution in [3.63, 3.8) is 0 Å². The normalized spacial score (nSPS) is 10.4. The number of methoxy groups -OCH3 is 1. The van der Waals surface area contributed by atoms with Gasteiger partial charge in [-0.3, -0.25) is 4.98 Å². The molecule has 0 fully saturated rings. The van der Waals surface area contributed by atoms with Crippen molar-refractivity contribution in [3.05, 3.63) is 29.7 Å². The average molecular weight is 190 g/mol. The summed E-state index contributed by atoms with van der Waals surface area (Å²) in [5.41, 5.74) is 2.27. The summed E-state index contributed by atoms with van der Waals surface area (Å²) < 4.78 is 4.61. The summed E-state index contributed by atoms with van der Waals surface area (Å²) in [6.45, 7) is 1.90. The van der Waals surface area contributed by atoms with Gasteiger partial charge in [0.2, 0.25) is 0 Å². The Bertz CT molecular complexity index is 488. The second-order valence-corrected chi connectivity index (χ2v) is 3.09. The van der Waals surface area contributed by atoms with E-state index in [-0.39, 0.29) is 5.97 Å². The number of rotatable bonds is 1. The van der Waals surface area contributed by atoms with Gasteiger partial charge < -0.3 is 9.72 Å². The van der Waals surface area contributed by atoms with Gasteiger partial charge in [0.25, 0.3) is 0 Å². The van der Waals surface area contributed by atoms with Gasteiger partial charge in [-0.15, -0.1) is 0 Å². The van der Waals surface area contributed by atoms with Crippen molar-refractivity contribution in [2.45, 2.75) is 6.92 Å². The van der Waals surface area contributed by atoms with Crippen molar-refractivity contribution >= 4 is 16.9 Å². The SMILES string of the molecule is COC(=O)c1cc2cnc(C)cc2[nH]1. The van der Waals surface area contributed by atoms with E-state index in [1.165, 1.54) is 7.11 Å². The molecule has 0 spiro atoms. The number of hydrogen-bond acceptors (Lipinski definition) is 3. The second kappa shape index (κ2) is 3.14. The van der Waals surface area contributed by atoms with E-state index in [1.807, 2.05) is 13.0 Å². The first-order valence-corrected chi connectivity index (χ1v) is 4.24. The highest BCUT2D eigenvalue weighted by atomic mass is 16.5.